The van der Waals surface area contributed by atoms with Gasteiger partial charge in [0.2, 0.25) is 17.7 Å². The molecule has 3 rings (SSSR count). The Labute approximate surface area is 228 Å². The molecule has 1 aromatic carbocycles. The standard InChI is InChI=1S/C28H39N5O6/c29-16-3-2-7-22(25(37)31-21-10-8-20(19-34)9-11-21)32-27(39)28(14-6-15-28)26(38)30-17-4-1-5-18-33-23(35)12-13-24(33)36/h8-13,22,34H,1-7,14-19,29H2,(H,30,38)(H,31,37)(H,32,39)/t22-/m0/s1. The van der Waals surface area contributed by atoms with Crippen LogP contribution >= 0.6 is 0 Å². The SMILES string of the molecule is NCCCC[C@H](NC(=O)C1(C(=O)NCCCCCN2C(=O)C=CC2=O)CCC1)C(=O)Nc1ccc(CO)cc1. The van der Waals surface area contributed by atoms with Gasteiger partial charge in [-0.15, -0.1) is 0 Å². The smallest absolute Gasteiger partial charge is 0.253 e. The van der Waals surface area contributed by atoms with Gasteiger partial charge in [-0.3, -0.25) is 28.9 Å². The summed E-state index contributed by atoms with van der Waals surface area (Å²) in [5.41, 5.74) is 5.67. The molecule has 11 nitrogen and oxygen atoms in total. The van der Waals surface area contributed by atoms with Gasteiger partial charge in [0, 0.05) is 30.9 Å². The van der Waals surface area contributed by atoms with Gasteiger partial charge in [-0.25, -0.2) is 0 Å². The summed E-state index contributed by atoms with van der Waals surface area (Å²) in [6.45, 7) is 1.08. The van der Waals surface area contributed by atoms with Crippen LogP contribution in [0.1, 0.15) is 63.4 Å². The summed E-state index contributed by atoms with van der Waals surface area (Å²) in [4.78, 5) is 63.8. The van der Waals surface area contributed by atoms with Crippen LogP contribution in [0, 0.1) is 5.41 Å². The first-order valence-corrected chi connectivity index (χ1v) is 13.6. The summed E-state index contributed by atoms with van der Waals surface area (Å²) in [6, 6.07) is 5.95. The van der Waals surface area contributed by atoms with Crippen molar-refractivity contribution < 1.29 is 29.1 Å². The molecule has 11 heteroatoms. The molecule has 1 atom stereocenters. The van der Waals surface area contributed by atoms with Crippen LogP contribution in [-0.4, -0.2) is 65.2 Å². The predicted molar refractivity (Wildman–Crippen MR) is 145 cm³/mol. The van der Waals surface area contributed by atoms with E-state index in [4.69, 9.17) is 5.73 Å². The molecular formula is C28H39N5O6. The molecule has 1 aliphatic heterocycles. The van der Waals surface area contributed by atoms with Crippen LogP contribution in [0.3, 0.4) is 0 Å². The van der Waals surface area contributed by atoms with Crippen LogP contribution in [0.4, 0.5) is 5.69 Å². The van der Waals surface area contributed by atoms with Crippen molar-refractivity contribution in [2.45, 2.75) is 70.4 Å². The molecule has 0 aromatic heterocycles. The Morgan fingerprint density at radius 3 is 2.23 bits per heavy atom. The molecule has 39 heavy (non-hydrogen) atoms. The van der Waals surface area contributed by atoms with Crippen LogP contribution in [0.2, 0.25) is 0 Å². The molecule has 5 amide bonds. The fraction of sp³-hybridized carbons (Fsp3) is 0.536. The summed E-state index contributed by atoms with van der Waals surface area (Å²) in [7, 11) is 0. The van der Waals surface area contributed by atoms with Gasteiger partial charge in [0.15, 0.2) is 0 Å². The van der Waals surface area contributed by atoms with Gasteiger partial charge in [-0.05, 0) is 75.6 Å². The fourth-order valence-electron chi connectivity index (χ4n) is 4.66. The largest absolute Gasteiger partial charge is 0.392 e. The number of hydrogen-bond donors (Lipinski definition) is 5. The van der Waals surface area contributed by atoms with E-state index in [9.17, 15) is 29.1 Å². The number of amides is 5. The normalized spacial score (nSPS) is 16.5. The van der Waals surface area contributed by atoms with E-state index >= 15 is 0 Å². The molecule has 1 fully saturated rings. The van der Waals surface area contributed by atoms with Crippen molar-refractivity contribution in [3.8, 4) is 0 Å². The number of unbranched alkanes of at least 4 members (excludes halogenated alkanes) is 3. The van der Waals surface area contributed by atoms with E-state index in [2.05, 4.69) is 16.0 Å². The van der Waals surface area contributed by atoms with E-state index in [1.54, 1.807) is 24.3 Å². The van der Waals surface area contributed by atoms with E-state index < -0.39 is 17.4 Å². The Bertz CT molecular complexity index is 1050. The van der Waals surface area contributed by atoms with Gasteiger partial charge < -0.3 is 26.8 Å². The van der Waals surface area contributed by atoms with Gasteiger partial charge in [0.25, 0.3) is 11.8 Å². The van der Waals surface area contributed by atoms with E-state index in [-0.39, 0.29) is 30.2 Å². The highest BCUT2D eigenvalue weighted by Gasteiger charge is 2.51. The first-order chi connectivity index (χ1) is 18.8. The minimum atomic E-state index is -1.20. The first-order valence-electron chi connectivity index (χ1n) is 13.6. The molecule has 0 spiro atoms. The molecule has 6 N–H and O–H groups in total. The summed E-state index contributed by atoms with van der Waals surface area (Å²) >= 11 is 0. The Hall–Kier alpha value is -3.57. The number of nitrogens with one attached hydrogen (secondary N) is 3. The molecule has 2 aliphatic rings. The Morgan fingerprint density at radius 1 is 0.949 bits per heavy atom. The number of anilines is 1. The fourth-order valence-corrected chi connectivity index (χ4v) is 4.66. The van der Waals surface area contributed by atoms with Crippen LogP contribution < -0.4 is 21.7 Å². The number of benzene rings is 1. The first kappa shape index (κ1) is 30.0. The quantitative estimate of drug-likeness (QED) is 0.119. The molecular weight excluding hydrogens is 502 g/mol. The second-order valence-corrected chi connectivity index (χ2v) is 10.1. The Kier molecular flexibility index (Phi) is 11.2. The van der Waals surface area contributed by atoms with E-state index in [1.807, 2.05) is 0 Å². The maximum Gasteiger partial charge on any atom is 0.253 e. The minimum Gasteiger partial charge on any atom is -0.392 e. The van der Waals surface area contributed by atoms with Gasteiger partial charge in [0.1, 0.15) is 11.5 Å². The molecule has 1 heterocycles. The topological polar surface area (TPSA) is 171 Å². The number of aliphatic hydroxyl groups excluding tert-OH is 1. The van der Waals surface area contributed by atoms with Crippen LogP contribution in [-0.2, 0) is 30.6 Å². The molecule has 0 bridgehead atoms. The zero-order valence-corrected chi connectivity index (χ0v) is 22.2. The van der Waals surface area contributed by atoms with Gasteiger partial charge in [-0.2, -0.15) is 0 Å². The second kappa shape index (κ2) is 14.5. The number of rotatable bonds is 16. The monoisotopic (exact) mass is 541 g/mol. The number of nitrogens with two attached hydrogens (primary N) is 1. The highest BCUT2D eigenvalue weighted by molar-refractivity contribution is 6.12. The molecule has 1 saturated carbocycles. The van der Waals surface area contributed by atoms with E-state index in [0.717, 1.165) is 6.42 Å². The lowest BCUT2D eigenvalue weighted by atomic mass is 9.67. The van der Waals surface area contributed by atoms with Crippen molar-refractivity contribution in [3.63, 3.8) is 0 Å². The zero-order valence-electron chi connectivity index (χ0n) is 22.2. The second-order valence-electron chi connectivity index (χ2n) is 10.1. The number of carbonyl (C=O) groups excluding carboxylic acids is 5. The Balaban J connectivity index is 1.50. The number of nitrogens with zero attached hydrogens (tertiary/aromatic N) is 1. The lowest BCUT2D eigenvalue weighted by Gasteiger charge is -2.39. The van der Waals surface area contributed by atoms with Gasteiger partial charge in [-0.1, -0.05) is 18.6 Å². The molecule has 212 valence electrons. The summed E-state index contributed by atoms with van der Waals surface area (Å²) in [5.74, 6) is -1.78. The van der Waals surface area contributed by atoms with Crippen molar-refractivity contribution >= 4 is 35.2 Å². The van der Waals surface area contributed by atoms with Crippen LogP contribution in [0.5, 0.6) is 0 Å². The number of imide groups is 1. The predicted octanol–water partition coefficient (Wildman–Crippen LogP) is 1.11. The van der Waals surface area contributed by atoms with Crippen LogP contribution in [0.15, 0.2) is 36.4 Å². The van der Waals surface area contributed by atoms with Crippen molar-refractivity contribution in [2.75, 3.05) is 25.0 Å². The van der Waals surface area contributed by atoms with Crippen molar-refractivity contribution in [2.24, 2.45) is 11.1 Å². The lowest BCUT2D eigenvalue weighted by Crippen LogP contribution is -2.58. The van der Waals surface area contributed by atoms with Crippen molar-refractivity contribution in [1.29, 1.82) is 0 Å². The highest BCUT2D eigenvalue weighted by atomic mass is 16.3. The van der Waals surface area contributed by atoms with Crippen molar-refractivity contribution in [3.05, 3.63) is 42.0 Å². The molecule has 0 saturated heterocycles. The third-order valence-corrected chi connectivity index (χ3v) is 7.29. The zero-order chi connectivity index (χ0) is 28.3. The molecule has 1 aromatic rings. The van der Waals surface area contributed by atoms with E-state index in [0.29, 0.717) is 82.3 Å². The highest BCUT2D eigenvalue weighted by Crippen LogP contribution is 2.41. The Morgan fingerprint density at radius 2 is 1.64 bits per heavy atom. The molecule has 0 radical (unpaired) electrons. The maximum absolute atomic E-state index is 13.3. The lowest BCUT2D eigenvalue weighted by molar-refractivity contribution is -0.151. The van der Waals surface area contributed by atoms with E-state index in [1.165, 1.54) is 17.1 Å². The summed E-state index contributed by atoms with van der Waals surface area (Å²) in [6.07, 6.45) is 7.80. The number of hydrogen-bond acceptors (Lipinski definition) is 7. The maximum atomic E-state index is 13.3. The van der Waals surface area contributed by atoms with Crippen LogP contribution in [0.25, 0.3) is 0 Å². The summed E-state index contributed by atoms with van der Waals surface area (Å²) < 4.78 is 0. The number of aliphatic hydroxyl groups is 1. The van der Waals surface area contributed by atoms with Crippen molar-refractivity contribution in [1.82, 2.24) is 15.5 Å². The minimum absolute atomic E-state index is 0.103. The molecule has 0 unspecified atom stereocenters. The van der Waals surface area contributed by atoms with Gasteiger partial charge in [0.05, 0.1) is 6.61 Å². The number of carbonyl (C=O) groups is 5. The van der Waals surface area contributed by atoms with Gasteiger partial charge >= 0.3 is 0 Å². The third kappa shape index (κ3) is 7.96. The summed E-state index contributed by atoms with van der Waals surface area (Å²) in [5, 5.41) is 17.7. The average molecular weight is 542 g/mol. The average Bonchev–Trinajstić information content (AvgIpc) is 3.22. The molecule has 1 aliphatic carbocycles. The third-order valence-electron chi connectivity index (χ3n) is 7.29.